The first kappa shape index (κ1) is 21.4. The van der Waals surface area contributed by atoms with Crippen molar-refractivity contribution >= 4 is 40.6 Å². The van der Waals surface area contributed by atoms with Gasteiger partial charge in [0.15, 0.2) is 0 Å². The number of carbonyl (C=O) groups excluding carboxylic acids is 2. The zero-order valence-corrected chi connectivity index (χ0v) is 18.8. The molecule has 1 saturated heterocycles. The minimum atomic E-state index is -0.271. The van der Waals surface area contributed by atoms with E-state index in [-0.39, 0.29) is 11.8 Å². The van der Waals surface area contributed by atoms with Crippen molar-refractivity contribution in [3.8, 4) is 16.3 Å². The van der Waals surface area contributed by atoms with Crippen LogP contribution < -0.4 is 10.1 Å². The smallest absolute Gasteiger partial charge is 0.275 e. The molecule has 2 aromatic carbocycles. The van der Waals surface area contributed by atoms with Crippen LogP contribution in [-0.2, 0) is 11.2 Å². The molecule has 0 aliphatic carbocycles. The van der Waals surface area contributed by atoms with Crippen molar-refractivity contribution < 1.29 is 14.3 Å². The van der Waals surface area contributed by atoms with Crippen molar-refractivity contribution in [2.24, 2.45) is 0 Å². The lowest BCUT2D eigenvalue weighted by Gasteiger charge is -2.26. The summed E-state index contributed by atoms with van der Waals surface area (Å²) in [5, 5.41) is 5.34. The van der Waals surface area contributed by atoms with Gasteiger partial charge in [0, 0.05) is 35.7 Å². The number of amides is 2. The van der Waals surface area contributed by atoms with Crippen molar-refractivity contribution in [1.29, 1.82) is 0 Å². The lowest BCUT2D eigenvalue weighted by atomic mass is 10.1. The SMILES string of the molecule is COc1ccccc1-c1nc(C(=O)Nc2ccc(CC(=O)N3CCSCC3)cc2)cs1. The molecular formula is C23H23N3O3S2. The summed E-state index contributed by atoms with van der Waals surface area (Å²) >= 11 is 3.28. The topological polar surface area (TPSA) is 71.5 Å². The summed E-state index contributed by atoms with van der Waals surface area (Å²) in [7, 11) is 1.61. The number of rotatable bonds is 6. The molecule has 31 heavy (non-hydrogen) atoms. The van der Waals surface area contributed by atoms with Crippen LogP contribution in [0.25, 0.3) is 10.6 Å². The van der Waals surface area contributed by atoms with Gasteiger partial charge in [-0.3, -0.25) is 9.59 Å². The highest BCUT2D eigenvalue weighted by Gasteiger charge is 2.17. The van der Waals surface area contributed by atoms with Crippen LogP contribution in [0, 0.1) is 0 Å². The number of para-hydroxylation sites is 1. The first-order chi connectivity index (χ1) is 15.1. The van der Waals surface area contributed by atoms with Crippen LogP contribution in [0.3, 0.4) is 0 Å². The van der Waals surface area contributed by atoms with Crippen LogP contribution in [0.1, 0.15) is 16.1 Å². The maximum absolute atomic E-state index is 12.6. The summed E-state index contributed by atoms with van der Waals surface area (Å²) in [5.74, 6) is 2.62. The Morgan fingerprint density at radius 3 is 2.58 bits per heavy atom. The molecule has 3 aromatic rings. The molecule has 2 heterocycles. The van der Waals surface area contributed by atoms with E-state index in [9.17, 15) is 9.59 Å². The standard InChI is InChI=1S/C23H23N3O3S2/c1-29-20-5-3-2-4-18(20)23-25-19(15-31-23)22(28)24-17-8-6-16(7-9-17)14-21(27)26-10-12-30-13-11-26/h2-9,15H,10-14H2,1H3,(H,24,28). The number of hydrogen-bond donors (Lipinski definition) is 1. The normalized spacial score (nSPS) is 13.6. The third-order valence-electron chi connectivity index (χ3n) is 5.01. The van der Waals surface area contributed by atoms with Gasteiger partial charge >= 0.3 is 0 Å². The van der Waals surface area contributed by atoms with Gasteiger partial charge in [0.1, 0.15) is 16.5 Å². The van der Waals surface area contributed by atoms with E-state index in [1.807, 2.05) is 65.2 Å². The maximum atomic E-state index is 12.6. The number of anilines is 1. The molecule has 0 atom stereocenters. The first-order valence-electron chi connectivity index (χ1n) is 9.99. The van der Waals surface area contributed by atoms with Gasteiger partial charge in [0.05, 0.1) is 19.1 Å². The van der Waals surface area contributed by atoms with Crippen molar-refractivity contribution in [3.63, 3.8) is 0 Å². The number of benzene rings is 2. The van der Waals surface area contributed by atoms with Crippen LogP contribution in [-0.4, -0.2) is 53.4 Å². The summed E-state index contributed by atoms with van der Waals surface area (Å²) in [6, 6.07) is 15.0. The molecule has 6 nitrogen and oxygen atoms in total. The maximum Gasteiger partial charge on any atom is 0.275 e. The number of ether oxygens (including phenoxy) is 1. The zero-order chi connectivity index (χ0) is 21.6. The molecule has 160 valence electrons. The lowest BCUT2D eigenvalue weighted by Crippen LogP contribution is -2.38. The summed E-state index contributed by atoms with van der Waals surface area (Å²) < 4.78 is 5.38. The Morgan fingerprint density at radius 1 is 1.10 bits per heavy atom. The number of hydrogen-bond acceptors (Lipinski definition) is 6. The van der Waals surface area contributed by atoms with Gasteiger partial charge in [0.2, 0.25) is 5.91 Å². The van der Waals surface area contributed by atoms with Gasteiger partial charge in [-0.25, -0.2) is 4.98 Å². The van der Waals surface area contributed by atoms with E-state index in [0.29, 0.717) is 17.8 Å². The number of methoxy groups -OCH3 is 1. The fraction of sp³-hybridized carbons (Fsp3) is 0.261. The Labute approximate surface area is 189 Å². The molecular weight excluding hydrogens is 430 g/mol. The van der Waals surface area contributed by atoms with E-state index >= 15 is 0 Å². The van der Waals surface area contributed by atoms with E-state index in [1.54, 1.807) is 12.5 Å². The molecule has 0 radical (unpaired) electrons. The quantitative estimate of drug-likeness (QED) is 0.606. The van der Waals surface area contributed by atoms with Crippen molar-refractivity contribution in [3.05, 3.63) is 65.2 Å². The fourth-order valence-corrected chi connectivity index (χ4v) is 5.06. The Morgan fingerprint density at radius 2 is 1.84 bits per heavy atom. The highest BCUT2D eigenvalue weighted by molar-refractivity contribution is 7.99. The molecule has 1 aromatic heterocycles. The Hall–Kier alpha value is -2.84. The third-order valence-corrected chi connectivity index (χ3v) is 6.82. The van der Waals surface area contributed by atoms with E-state index in [4.69, 9.17) is 4.74 Å². The number of nitrogens with zero attached hydrogens (tertiary/aromatic N) is 2. The number of carbonyl (C=O) groups is 2. The van der Waals surface area contributed by atoms with Gasteiger partial charge < -0.3 is 15.0 Å². The van der Waals surface area contributed by atoms with Crippen molar-refractivity contribution in [2.75, 3.05) is 37.0 Å². The minimum Gasteiger partial charge on any atom is -0.496 e. The fourth-order valence-electron chi connectivity index (χ4n) is 3.32. The molecule has 0 bridgehead atoms. The van der Waals surface area contributed by atoms with Gasteiger partial charge in [-0.1, -0.05) is 24.3 Å². The average Bonchev–Trinajstić information content (AvgIpc) is 3.31. The second kappa shape index (κ2) is 9.98. The van der Waals surface area contributed by atoms with Crippen molar-refractivity contribution in [1.82, 2.24) is 9.88 Å². The molecule has 2 amide bonds. The summed E-state index contributed by atoms with van der Waals surface area (Å²) in [6.45, 7) is 1.64. The summed E-state index contributed by atoms with van der Waals surface area (Å²) in [6.07, 6.45) is 0.382. The van der Waals surface area contributed by atoms with E-state index < -0.39 is 0 Å². The number of thioether (sulfide) groups is 1. The van der Waals surface area contributed by atoms with Crippen LogP contribution in [0.5, 0.6) is 5.75 Å². The summed E-state index contributed by atoms with van der Waals surface area (Å²) in [5.41, 5.74) is 2.82. The number of aromatic nitrogens is 1. The highest BCUT2D eigenvalue weighted by atomic mass is 32.2. The first-order valence-corrected chi connectivity index (χ1v) is 12.0. The van der Waals surface area contributed by atoms with Gasteiger partial charge in [-0.15, -0.1) is 11.3 Å². The zero-order valence-electron chi connectivity index (χ0n) is 17.2. The highest BCUT2D eigenvalue weighted by Crippen LogP contribution is 2.32. The Balaban J connectivity index is 1.38. The second-order valence-corrected chi connectivity index (χ2v) is 9.14. The molecule has 4 rings (SSSR count). The molecule has 8 heteroatoms. The molecule has 0 unspecified atom stereocenters. The van der Waals surface area contributed by atoms with Crippen LogP contribution in [0.15, 0.2) is 53.9 Å². The number of nitrogens with one attached hydrogen (secondary N) is 1. The van der Waals surface area contributed by atoms with E-state index in [2.05, 4.69) is 10.3 Å². The van der Waals surface area contributed by atoms with Gasteiger partial charge in [0.25, 0.3) is 5.91 Å². The monoisotopic (exact) mass is 453 g/mol. The largest absolute Gasteiger partial charge is 0.496 e. The lowest BCUT2D eigenvalue weighted by molar-refractivity contribution is -0.130. The Bertz CT molecular complexity index is 1060. The van der Waals surface area contributed by atoms with Gasteiger partial charge in [-0.05, 0) is 29.8 Å². The average molecular weight is 454 g/mol. The minimum absolute atomic E-state index is 0.156. The second-order valence-electron chi connectivity index (χ2n) is 7.06. The predicted molar refractivity (Wildman–Crippen MR) is 126 cm³/mol. The molecule has 1 fully saturated rings. The molecule has 1 aliphatic rings. The van der Waals surface area contributed by atoms with Crippen molar-refractivity contribution in [2.45, 2.75) is 6.42 Å². The van der Waals surface area contributed by atoms with Crippen LogP contribution >= 0.6 is 23.1 Å². The third kappa shape index (κ3) is 5.26. The Kier molecular flexibility index (Phi) is 6.89. The van der Waals surface area contributed by atoms with Gasteiger partial charge in [-0.2, -0.15) is 11.8 Å². The molecule has 0 spiro atoms. The number of thiazole rings is 1. The molecule has 1 N–H and O–H groups in total. The van der Waals surface area contributed by atoms with E-state index in [0.717, 1.165) is 46.5 Å². The predicted octanol–water partition coefficient (Wildman–Crippen LogP) is 4.19. The van der Waals surface area contributed by atoms with Crippen LogP contribution in [0.2, 0.25) is 0 Å². The molecule has 1 aliphatic heterocycles. The van der Waals surface area contributed by atoms with E-state index in [1.165, 1.54) is 11.3 Å². The molecule has 0 saturated carbocycles. The summed E-state index contributed by atoms with van der Waals surface area (Å²) in [4.78, 5) is 31.4. The van der Waals surface area contributed by atoms with Crippen LogP contribution in [0.4, 0.5) is 5.69 Å².